The van der Waals surface area contributed by atoms with Crippen molar-refractivity contribution in [1.82, 2.24) is 20.1 Å². The summed E-state index contributed by atoms with van der Waals surface area (Å²) in [5.41, 5.74) is 1.26. The zero-order chi connectivity index (χ0) is 19.9. The van der Waals surface area contributed by atoms with Crippen LogP contribution in [0.1, 0.15) is 38.7 Å². The molecule has 0 amide bonds. The highest BCUT2D eigenvalue weighted by Gasteiger charge is 2.29. The second kappa shape index (κ2) is 10.1. The van der Waals surface area contributed by atoms with E-state index in [-0.39, 0.29) is 0 Å². The van der Waals surface area contributed by atoms with Crippen molar-refractivity contribution in [2.24, 2.45) is 16.8 Å². The minimum atomic E-state index is 0.794. The van der Waals surface area contributed by atoms with Gasteiger partial charge in [0.2, 0.25) is 0 Å². The lowest BCUT2D eigenvalue weighted by molar-refractivity contribution is 0.312. The molecule has 0 aromatic carbocycles. The maximum Gasteiger partial charge on any atom is 0.193 e. The van der Waals surface area contributed by atoms with Crippen LogP contribution < -0.4 is 10.2 Å². The number of rotatable bonds is 6. The molecule has 2 aliphatic heterocycles. The van der Waals surface area contributed by atoms with Crippen molar-refractivity contribution in [1.29, 1.82) is 0 Å². The lowest BCUT2D eigenvalue weighted by atomic mass is 9.87. The number of hydrogen-bond donors (Lipinski definition) is 1. The van der Waals surface area contributed by atoms with Gasteiger partial charge in [-0.2, -0.15) is 0 Å². The van der Waals surface area contributed by atoms with E-state index in [4.69, 9.17) is 0 Å². The molecule has 1 unspecified atom stereocenters. The van der Waals surface area contributed by atoms with Crippen molar-refractivity contribution in [3.05, 3.63) is 23.9 Å². The summed E-state index contributed by atoms with van der Waals surface area (Å²) in [6, 6.07) is 4.33. The number of piperazine rings is 1. The molecule has 0 radical (unpaired) electrons. The fourth-order valence-corrected chi connectivity index (χ4v) is 4.61. The maximum atomic E-state index is 4.60. The highest BCUT2D eigenvalue weighted by atomic mass is 15.3. The number of aromatic nitrogens is 1. The van der Waals surface area contributed by atoms with E-state index < -0.39 is 0 Å². The highest BCUT2D eigenvalue weighted by molar-refractivity contribution is 5.80. The van der Waals surface area contributed by atoms with E-state index in [1.54, 1.807) is 0 Å². The molecule has 3 rings (SSSR count). The number of likely N-dealkylation sites (tertiary alicyclic amines) is 1. The predicted octanol–water partition coefficient (Wildman–Crippen LogP) is 2.67. The first-order valence-electron chi connectivity index (χ1n) is 11.0. The van der Waals surface area contributed by atoms with Gasteiger partial charge in [0.15, 0.2) is 5.96 Å². The molecular formula is C22H38N6. The Bertz CT molecular complexity index is 634. The van der Waals surface area contributed by atoms with Crippen LogP contribution in [0, 0.1) is 11.8 Å². The minimum Gasteiger partial charge on any atom is -0.354 e. The zero-order valence-electron chi connectivity index (χ0n) is 18.2. The van der Waals surface area contributed by atoms with Crippen LogP contribution in [-0.4, -0.2) is 74.1 Å². The van der Waals surface area contributed by atoms with E-state index >= 15 is 0 Å². The van der Waals surface area contributed by atoms with Crippen molar-refractivity contribution in [3.63, 3.8) is 0 Å². The molecule has 1 aromatic heterocycles. The largest absolute Gasteiger partial charge is 0.354 e. The van der Waals surface area contributed by atoms with Gasteiger partial charge in [-0.15, -0.1) is 0 Å². The van der Waals surface area contributed by atoms with Gasteiger partial charge in [-0.05, 0) is 43.0 Å². The summed E-state index contributed by atoms with van der Waals surface area (Å²) in [4.78, 5) is 16.3. The van der Waals surface area contributed by atoms with Crippen LogP contribution in [0.15, 0.2) is 23.3 Å². The Balaban J connectivity index is 1.55. The summed E-state index contributed by atoms with van der Waals surface area (Å²) in [7, 11) is 4.08. The van der Waals surface area contributed by atoms with E-state index in [0.29, 0.717) is 0 Å². The second-order valence-electron chi connectivity index (χ2n) is 8.28. The smallest absolute Gasteiger partial charge is 0.193 e. The van der Waals surface area contributed by atoms with Gasteiger partial charge in [-0.1, -0.05) is 26.7 Å². The normalized spacial score (nSPS) is 21.6. The lowest BCUT2D eigenvalue weighted by Gasteiger charge is -2.33. The third-order valence-corrected chi connectivity index (χ3v) is 6.54. The number of hydrogen-bond acceptors (Lipinski definition) is 4. The van der Waals surface area contributed by atoms with E-state index in [0.717, 1.165) is 69.4 Å². The number of nitrogens with one attached hydrogen (secondary N) is 1. The summed E-state index contributed by atoms with van der Waals surface area (Å²) in [6.07, 6.45) is 5.79. The van der Waals surface area contributed by atoms with Crippen LogP contribution in [0.25, 0.3) is 0 Å². The van der Waals surface area contributed by atoms with Crippen molar-refractivity contribution in [2.75, 3.05) is 58.3 Å². The quantitative estimate of drug-likeness (QED) is 0.602. The summed E-state index contributed by atoms with van der Waals surface area (Å²) in [5.74, 6) is 3.77. The Kier molecular flexibility index (Phi) is 7.54. The van der Waals surface area contributed by atoms with Gasteiger partial charge in [-0.25, -0.2) is 4.98 Å². The maximum absolute atomic E-state index is 4.60. The second-order valence-corrected chi connectivity index (χ2v) is 8.28. The number of guanidine groups is 1. The summed E-state index contributed by atoms with van der Waals surface area (Å²) in [5, 5.41) is 3.58. The third kappa shape index (κ3) is 5.16. The first-order valence-corrected chi connectivity index (χ1v) is 11.0. The lowest BCUT2D eigenvalue weighted by Crippen LogP contribution is -2.44. The van der Waals surface area contributed by atoms with Gasteiger partial charge in [-0.3, -0.25) is 4.99 Å². The molecule has 6 nitrogen and oxygen atoms in total. The van der Waals surface area contributed by atoms with Crippen LogP contribution in [0.5, 0.6) is 0 Å². The molecule has 3 heterocycles. The van der Waals surface area contributed by atoms with Gasteiger partial charge in [0, 0.05) is 59.1 Å². The Morgan fingerprint density at radius 1 is 1.21 bits per heavy atom. The molecular weight excluding hydrogens is 348 g/mol. The fraction of sp³-hybridized carbons (Fsp3) is 0.727. The first kappa shape index (κ1) is 20.9. The van der Waals surface area contributed by atoms with E-state index in [1.807, 2.05) is 13.2 Å². The van der Waals surface area contributed by atoms with Crippen molar-refractivity contribution in [2.45, 2.75) is 39.7 Å². The standard InChI is InChI=1S/C22H38N6/c1-5-19(6-2)20-8-10-28(17-20)22(23-3)25-16-18-7-9-24-21(15-18)27-13-11-26(4)12-14-27/h7,9,15,19-20H,5-6,8,10-14,16-17H2,1-4H3,(H,23,25). The Hall–Kier alpha value is -1.82. The van der Waals surface area contributed by atoms with E-state index in [1.165, 1.54) is 24.8 Å². The van der Waals surface area contributed by atoms with Crippen molar-refractivity contribution >= 4 is 11.8 Å². The van der Waals surface area contributed by atoms with E-state index in [9.17, 15) is 0 Å². The van der Waals surface area contributed by atoms with Crippen LogP contribution in [0.4, 0.5) is 5.82 Å². The zero-order valence-corrected chi connectivity index (χ0v) is 18.2. The number of nitrogens with zero attached hydrogens (tertiary/aromatic N) is 5. The molecule has 0 aliphatic carbocycles. The molecule has 2 fully saturated rings. The van der Waals surface area contributed by atoms with Gasteiger partial charge >= 0.3 is 0 Å². The topological polar surface area (TPSA) is 47.0 Å². The van der Waals surface area contributed by atoms with Crippen LogP contribution in [0.2, 0.25) is 0 Å². The summed E-state index contributed by atoms with van der Waals surface area (Å²) >= 11 is 0. The Morgan fingerprint density at radius 2 is 1.96 bits per heavy atom. The molecule has 156 valence electrons. The predicted molar refractivity (Wildman–Crippen MR) is 118 cm³/mol. The summed E-state index contributed by atoms with van der Waals surface area (Å²) < 4.78 is 0. The average Bonchev–Trinajstić information content (AvgIpc) is 3.20. The molecule has 1 aromatic rings. The fourth-order valence-electron chi connectivity index (χ4n) is 4.61. The van der Waals surface area contributed by atoms with Gasteiger partial charge < -0.3 is 20.0 Å². The molecule has 2 aliphatic rings. The molecule has 0 bridgehead atoms. The molecule has 1 atom stereocenters. The van der Waals surface area contributed by atoms with Gasteiger partial charge in [0.25, 0.3) is 0 Å². The van der Waals surface area contributed by atoms with E-state index in [2.05, 4.69) is 63.0 Å². The number of likely N-dealkylation sites (N-methyl/N-ethyl adjacent to an activating group) is 1. The van der Waals surface area contributed by atoms with Crippen LogP contribution in [0.3, 0.4) is 0 Å². The monoisotopic (exact) mass is 386 g/mol. The van der Waals surface area contributed by atoms with Crippen molar-refractivity contribution in [3.8, 4) is 0 Å². The van der Waals surface area contributed by atoms with Gasteiger partial charge in [0.05, 0.1) is 0 Å². The SMILES string of the molecule is CCC(CC)C1CCN(C(=NC)NCc2ccnc(N3CCN(C)CC3)c2)C1. The molecule has 6 heteroatoms. The molecule has 28 heavy (non-hydrogen) atoms. The minimum absolute atomic E-state index is 0.794. The molecule has 0 spiro atoms. The Morgan fingerprint density at radius 3 is 2.64 bits per heavy atom. The third-order valence-electron chi connectivity index (χ3n) is 6.54. The number of anilines is 1. The molecule has 1 N–H and O–H groups in total. The van der Waals surface area contributed by atoms with Gasteiger partial charge in [0.1, 0.15) is 5.82 Å². The number of pyridine rings is 1. The average molecular weight is 387 g/mol. The Labute approximate surface area is 171 Å². The first-order chi connectivity index (χ1) is 13.6. The van der Waals surface area contributed by atoms with Crippen LogP contribution in [-0.2, 0) is 6.54 Å². The highest BCUT2D eigenvalue weighted by Crippen LogP contribution is 2.28. The van der Waals surface area contributed by atoms with Crippen LogP contribution >= 0.6 is 0 Å². The summed E-state index contributed by atoms with van der Waals surface area (Å²) in [6.45, 7) is 12.0. The molecule has 0 saturated carbocycles. The number of aliphatic imine (C=N–C) groups is 1. The molecule has 2 saturated heterocycles. The van der Waals surface area contributed by atoms with Crippen molar-refractivity contribution < 1.29 is 0 Å².